The van der Waals surface area contributed by atoms with Gasteiger partial charge in [0.25, 0.3) is 5.91 Å². The Morgan fingerprint density at radius 3 is 2.39 bits per heavy atom. The molecule has 8 rings (SSSR count). The summed E-state index contributed by atoms with van der Waals surface area (Å²) in [6.07, 6.45) is 0.740. The summed E-state index contributed by atoms with van der Waals surface area (Å²) in [5, 5.41) is 39.8. The van der Waals surface area contributed by atoms with E-state index in [9.17, 15) is 29.7 Å². The molecule has 2 aromatic heterocycles. The summed E-state index contributed by atoms with van der Waals surface area (Å²) in [5.74, 6) is -2.26. The van der Waals surface area contributed by atoms with Crippen LogP contribution in [0.1, 0.15) is 62.0 Å². The van der Waals surface area contributed by atoms with Crippen molar-refractivity contribution >= 4 is 34.1 Å². The molecule has 2 atom stereocenters. The topological polar surface area (TPSA) is 173 Å². The number of nitrogens with zero attached hydrogens (tertiary/aromatic N) is 1. The summed E-state index contributed by atoms with van der Waals surface area (Å²) in [6.45, 7) is 3.15. The van der Waals surface area contributed by atoms with Crippen LogP contribution >= 0.6 is 11.3 Å². The highest BCUT2D eigenvalue weighted by molar-refractivity contribution is 7.15. The van der Waals surface area contributed by atoms with Gasteiger partial charge in [-0.25, -0.2) is 9.18 Å². The first-order valence-electron chi connectivity index (χ1n) is 21.8. The molecule has 1 aliphatic heterocycles. The summed E-state index contributed by atoms with van der Waals surface area (Å²) < 4.78 is 27.1. The molecular formula is C52H51FN4O8S. The lowest BCUT2D eigenvalue weighted by molar-refractivity contribution is -0.164. The quantitative estimate of drug-likeness (QED) is 0.0501. The number of hydrogen-bond acceptors (Lipinski definition) is 11. The van der Waals surface area contributed by atoms with E-state index < -0.39 is 29.4 Å². The number of aliphatic hydroxyl groups excluding tert-OH is 1. The number of carbonyl (C=O) groups is 2. The van der Waals surface area contributed by atoms with Crippen molar-refractivity contribution in [2.45, 2.75) is 44.2 Å². The number of halogens is 1. The second-order valence-electron chi connectivity index (χ2n) is 16.5. The maximum Gasteiger partial charge on any atom is 0.347 e. The van der Waals surface area contributed by atoms with Crippen molar-refractivity contribution in [1.82, 2.24) is 20.5 Å². The molecule has 1 aliphatic rings. The minimum absolute atomic E-state index is 0.0511. The predicted molar refractivity (Wildman–Crippen MR) is 252 cm³/mol. The zero-order chi connectivity index (χ0) is 46.2. The third kappa shape index (κ3) is 10.2. The molecule has 0 bridgehead atoms. The van der Waals surface area contributed by atoms with Gasteiger partial charge in [-0.05, 0) is 90.5 Å². The molecule has 340 valence electrons. The van der Waals surface area contributed by atoms with E-state index in [1.165, 1.54) is 48.3 Å². The van der Waals surface area contributed by atoms with Crippen molar-refractivity contribution in [3.8, 4) is 21.9 Å². The fourth-order valence-electron chi connectivity index (χ4n) is 8.46. The van der Waals surface area contributed by atoms with Gasteiger partial charge in [0.05, 0.1) is 37.4 Å². The Kier molecular flexibility index (Phi) is 14.4. The molecule has 7 aromatic rings. The van der Waals surface area contributed by atoms with Gasteiger partial charge >= 0.3 is 5.97 Å². The molecule has 1 fully saturated rings. The molecule has 66 heavy (non-hydrogen) atoms. The largest absolute Gasteiger partial charge is 0.506 e. The number of aliphatic hydroxyl groups is 2. The molecule has 14 heteroatoms. The van der Waals surface area contributed by atoms with Crippen molar-refractivity contribution in [2.24, 2.45) is 5.92 Å². The van der Waals surface area contributed by atoms with Gasteiger partial charge in [0.2, 0.25) is 11.2 Å². The number of nitrogens with one attached hydrogen (secondary N) is 3. The molecule has 12 nitrogen and oxygen atoms in total. The van der Waals surface area contributed by atoms with Crippen molar-refractivity contribution in [2.75, 3.05) is 33.4 Å². The van der Waals surface area contributed by atoms with Crippen molar-refractivity contribution in [3.63, 3.8) is 0 Å². The van der Waals surface area contributed by atoms with Gasteiger partial charge in [-0.15, -0.1) is 11.3 Å². The number of methoxy groups -OCH3 is 1. The summed E-state index contributed by atoms with van der Waals surface area (Å²) in [4.78, 5) is 45.7. The maximum atomic E-state index is 15.8. The SMILES string of the molecule is COc1c(CNC[C@H](O)c2ccc(O)c3[nH]c(=O)ccc23)ccc(C(=O)NCc2ccc(-c3cccc([C@](O)(C(=O)OCC4CCN(Cc5ccccc5)CC4)c4ccccc4)c3)s2)c1F. The first kappa shape index (κ1) is 45.9. The molecule has 0 aliphatic carbocycles. The van der Waals surface area contributed by atoms with Crippen LogP contribution in [0.25, 0.3) is 21.3 Å². The average Bonchev–Trinajstić information content (AvgIpc) is 3.83. The number of H-pyrrole nitrogens is 1. The highest BCUT2D eigenvalue weighted by Gasteiger charge is 2.42. The van der Waals surface area contributed by atoms with Crippen LogP contribution in [0.4, 0.5) is 4.39 Å². The Bertz CT molecular complexity index is 2870. The van der Waals surface area contributed by atoms with Gasteiger partial charge in [-0.1, -0.05) is 91.0 Å². The lowest BCUT2D eigenvalue weighted by Gasteiger charge is -2.33. The van der Waals surface area contributed by atoms with Crippen molar-refractivity contribution in [3.05, 3.63) is 188 Å². The Balaban J connectivity index is 0.885. The number of pyridine rings is 1. The number of likely N-dealkylation sites (tertiary alicyclic amines) is 1. The standard InChI is InChI=1S/C52H51FN4O8S/c1-64-49-36(28-54-30-44(59)40-18-20-43(58)48-41(40)19-22-46(60)56-48)15-17-42(47(49)53)50(61)55-29-39-16-21-45(66-39)35-11-8-14-38(27-35)52(63,37-12-6-3-7-13-37)51(62)65-32-34-23-25-57(26-24-34)31-33-9-4-2-5-10-33/h2-22,27,34,44,54,58-59,63H,23-26,28-32H2,1H3,(H,55,61)(H,56,60)/t44-,52-/m0/s1. The number of benzene rings is 5. The number of phenolic OH excluding ortho intramolecular Hbond substituents is 1. The van der Waals surface area contributed by atoms with Crippen LogP contribution < -0.4 is 20.9 Å². The second-order valence-corrected chi connectivity index (χ2v) is 17.6. The van der Waals surface area contributed by atoms with Crippen molar-refractivity contribution < 1.29 is 38.8 Å². The third-order valence-corrected chi connectivity index (χ3v) is 13.2. The number of amides is 1. The van der Waals surface area contributed by atoms with Crippen LogP contribution in [0.3, 0.4) is 0 Å². The van der Waals surface area contributed by atoms with E-state index in [1.807, 2.05) is 42.5 Å². The first-order chi connectivity index (χ1) is 32.0. The van der Waals surface area contributed by atoms with Crippen LogP contribution in [-0.2, 0) is 34.8 Å². The summed E-state index contributed by atoms with van der Waals surface area (Å²) in [6, 6.07) is 38.8. The Morgan fingerprint density at radius 2 is 1.64 bits per heavy atom. The van der Waals surface area contributed by atoms with Crippen LogP contribution in [-0.4, -0.2) is 70.4 Å². The molecular weight excluding hydrogens is 860 g/mol. The Hall–Kier alpha value is -6.68. The minimum Gasteiger partial charge on any atom is -0.506 e. The molecule has 3 heterocycles. The fourth-order valence-corrected chi connectivity index (χ4v) is 9.40. The number of aromatic hydroxyl groups is 1. The smallest absolute Gasteiger partial charge is 0.347 e. The van der Waals surface area contributed by atoms with Crippen molar-refractivity contribution in [1.29, 1.82) is 0 Å². The zero-order valence-corrected chi connectivity index (χ0v) is 37.2. The van der Waals surface area contributed by atoms with Crippen LogP contribution in [0.2, 0.25) is 0 Å². The van der Waals surface area contributed by atoms with E-state index in [0.29, 0.717) is 27.6 Å². The number of rotatable bonds is 17. The monoisotopic (exact) mass is 910 g/mol. The van der Waals surface area contributed by atoms with Crippen LogP contribution in [0.5, 0.6) is 11.5 Å². The fraction of sp³-hybridized carbons (Fsp3) is 0.250. The molecule has 0 spiro atoms. The predicted octanol–water partition coefficient (Wildman–Crippen LogP) is 7.55. The maximum absolute atomic E-state index is 15.8. The van der Waals surface area contributed by atoms with Gasteiger partial charge < -0.3 is 40.4 Å². The number of fused-ring (bicyclic) bond motifs is 1. The highest BCUT2D eigenvalue weighted by atomic mass is 32.1. The molecule has 1 amide bonds. The highest BCUT2D eigenvalue weighted by Crippen LogP contribution is 2.37. The summed E-state index contributed by atoms with van der Waals surface area (Å²) in [7, 11) is 1.31. The normalized spacial score (nSPS) is 14.7. The molecule has 0 unspecified atom stereocenters. The van der Waals surface area contributed by atoms with Gasteiger partial charge in [-0.2, -0.15) is 0 Å². The van der Waals surface area contributed by atoms with E-state index in [0.717, 1.165) is 47.8 Å². The van der Waals surface area contributed by atoms with Crippen LogP contribution in [0.15, 0.2) is 138 Å². The number of aromatic nitrogens is 1. The Morgan fingerprint density at radius 1 is 0.894 bits per heavy atom. The van der Waals surface area contributed by atoms with E-state index in [2.05, 4.69) is 32.7 Å². The number of ether oxygens (including phenoxy) is 2. The molecule has 0 saturated carbocycles. The number of thiophene rings is 1. The second kappa shape index (κ2) is 20.7. The molecule has 6 N–H and O–H groups in total. The van der Waals surface area contributed by atoms with E-state index in [4.69, 9.17) is 9.47 Å². The van der Waals surface area contributed by atoms with E-state index in [1.54, 1.807) is 54.6 Å². The zero-order valence-electron chi connectivity index (χ0n) is 36.3. The molecule has 1 saturated heterocycles. The van der Waals surface area contributed by atoms with Crippen LogP contribution in [0, 0.1) is 11.7 Å². The molecule has 0 radical (unpaired) electrons. The van der Waals surface area contributed by atoms with E-state index in [-0.39, 0.29) is 60.3 Å². The van der Waals surface area contributed by atoms with Gasteiger partial charge in [0, 0.05) is 52.0 Å². The number of esters is 1. The van der Waals surface area contributed by atoms with E-state index >= 15 is 4.39 Å². The number of piperidine rings is 1. The minimum atomic E-state index is -2.07. The lowest BCUT2D eigenvalue weighted by atomic mass is 9.85. The van der Waals surface area contributed by atoms with Gasteiger partial charge in [-0.3, -0.25) is 14.5 Å². The molecule has 5 aromatic carbocycles. The average molecular weight is 911 g/mol. The number of hydrogen-bond donors (Lipinski definition) is 6. The first-order valence-corrected chi connectivity index (χ1v) is 22.6. The number of carbonyl (C=O) groups excluding carboxylic acids is 2. The Labute approximate surface area is 385 Å². The number of aromatic amines is 1. The van der Waals surface area contributed by atoms with Gasteiger partial charge in [0.1, 0.15) is 5.75 Å². The van der Waals surface area contributed by atoms with Gasteiger partial charge in [0.15, 0.2) is 11.6 Å². The summed E-state index contributed by atoms with van der Waals surface area (Å²) >= 11 is 1.41. The third-order valence-electron chi connectivity index (χ3n) is 12.1. The number of phenols is 1. The summed E-state index contributed by atoms with van der Waals surface area (Å²) in [5.41, 5.74) is 1.24. The lowest BCUT2D eigenvalue weighted by Crippen LogP contribution is -2.40.